The summed E-state index contributed by atoms with van der Waals surface area (Å²) in [6.45, 7) is 2.29. The summed E-state index contributed by atoms with van der Waals surface area (Å²) in [5, 5.41) is 0. The molecular formula is C17H32Cl2N4. The van der Waals surface area contributed by atoms with Crippen molar-refractivity contribution >= 4 is 11.4 Å². The van der Waals surface area contributed by atoms with E-state index in [4.69, 9.17) is 5.73 Å². The number of anilines is 2. The zero-order chi connectivity index (χ0) is 15.8. The SMILES string of the molecule is C[N+](C)(C)CC1CC([N+](C)(C)C)CN1c1ccc(N)cc1.[Cl-].[Cl-]. The van der Waals surface area contributed by atoms with Gasteiger partial charge in [-0.05, 0) is 24.3 Å². The number of nitrogens with two attached hydrogens (primary N) is 1. The van der Waals surface area contributed by atoms with Crippen molar-refractivity contribution in [1.29, 1.82) is 0 Å². The maximum absolute atomic E-state index is 5.83. The van der Waals surface area contributed by atoms with Crippen LogP contribution < -0.4 is 35.4 Å². The molecule has 2 unspecified atom stereocenters. The molecule has 2 N–H and O–H groups in total. The number of likely N-dealkylation sites (N-methyl/N-ethyl adjacent to an activating group) is 2. The van der Waals surface area contributed by atoms with Gasteiger partial charge >= 0.3 is 0 Å². The Kier molecular flexibility index (Phi) is 7.69. The van der Waals surface area contributed by atoms with Crippen LogP contribution in [0.4, 0.5) is 11.4 Å². The Morgan fingerprint density at radius 3 is 1.96 bits per heavy atom. The highest BCUT2D eigenvalue weighted by atomic mass is 35.5. The molecule has 4 nitrogen and oxygen atoms in total. The topological polar surface area (TPSA) is 29.3 Å². The third-order valence-electron chi connectivity index (χ3n) is 4.47. The molecule has 1 aromatic rings. The number of nitrogen functional groups attached to an aromatic ring is 1. The van der Waals surface area contributed by atoms with Crippen LogP contribution in [-0.2, 0) is 0 Å². The van der Waals surface area contributed by atoms with E-state index in [-0.39, 0.29) is 24.8 Å². The lowest BCUT2D eigenvalue weighted by Gasteiger charge is -2.33. The normalized spacial score (nSPS) is 21.6. The first-order valence-electron chi connectivity index (χ1n) is 7.80. The lowest BCUT2D eigenvalue weighted by Crippen LogP contribution is -3.00. The summed E-state index contributed by atoms with van der Waals surface area (Å²) in [4.78, 5) is 2.58. The molecule has 1 aromatic carbocycles. The predicted molar refractivity (Wildman–Crippen MR) is 91.3 cm³/mol. The summed E-state index contributed by atoms with van der Waals surface area (Å²) < 4.78 is 2.03. The van der Waals surface area contributed by atoms with E-state index in [1.54, 1.807) is 0 Å². The first-order chi connectivity index (χ1) is 9.56. The van der Waals surface area contributed by atoms with Crippen molar-refractivity contribution < 1.29 is 33.8 Å². The molecule has 1 aliphatic rings. The molecule has 1 aliphatic heterocycles. The monoisotopic (exact) mass is 362 g/mol. The zero-order valence-corrected chi connectivity index (χ0v) is 16.8. The van der Waals surface area contributed by atoms with Gasteiger partial charge in [-0.25, -0.2) is 0 Å². The molecule has 0 aromatic heterocycles. The Labute approximate surface area is 154 Å². The van der Waals surface area contributed by atoms with Gasteiger partial charge in [0.2, 0.25) is 0 Å². The Morgan fingerprint density at radius 2 is 1.52 bits per heavy atom. The third-order valence-corrected chi connectivity index (χ3v) is 4.47. The van der Waals surface area contributed by atoms with E-state index < -0.39 is 0 Å². The minimum atomic E-state index is 0. The van der Waals surface area contributed by atoms with Gasteiger partial charge in [0.1, 0.15) is 6.04 Å². The smallest absolute Gasteiger partial charge is 0.108 e. The average Bonchev–Trinajstić information content (AvgIpc) is 2.71. The van der Waals surface area contributed by atoms with E-state index in [1.807, 2.05) is 12.1 Å². The van der Waals surface area contributed by atoms with Crippen LogP contribution in [0.1, 0.15) is 6.42 Å². The summed E-state index contributed by atoms with van der Waals surface area (Å²) in [6.07, 6.45) is 1.25. The van der Waals surface area contributed by atoms with Crippen molar-refractivity contribution in [3.05, 3.63) is 24.3 Å². The van der Waals surface area contributed by atoms with Gasteiger partial charge in [0.25, 0.3) is 0 Å². The van der Waals surface area contributed by atoms with Crippen molar-refractivity contribution in [2.45, 2.75) is 18.5 Å². The van der Waals surface area contributed by atoms with E-state index in [2.05, 4.69) is 59.3 Å². The molecule has 0 amide bonds. The van der Waals surface area contributed by atoms with Crippen molar-refractivity contribution in [3.63, 3.8) is 0 Å². The largest absolute Gasteiger partial charge is 1.00 e. The molecule has 2 atom stereocenters. The second-order valence-corrected chi connectivity index (χ2v) is 8.38. The van der Waals surface area contributed by atoms with Crippen molar-refractivity contribution in [3.8, 4) is 0 Å². The van der Waals surface area contributed by atoms with Crippen LogP contribution in [0.3, 0.4) is 0 Å². The number of hydrogen-bond acceptors (Lipinski definition) is 2. The van der Waals surface area contributed by atoms with Gasteiger partial charge < -0.3 is 44.4 Å². The lowest BCUT2D eigenvalue weighted by molar-refractivity contribution is -0.894. The van der Waals surface area contributed by atoms with Crippen molar-refractivity contribution in [2.75, 3.05) is 66.0 Å². The summed E-state index contributed by atoms with van der Waals surface area (Å²) in [7, 11) is 13.8. The molecule has 0 radical (unpaired) electrons. The maximum Gasteiger partial charge on any atom is 0.108 e. The van der Waals surface area contributed by atoms with Crippen LogP contribution in [0.25, 0.3) is 0 Å². The molecular weight excluding hydrogens is 331 g/mol. The number of rotatable bonds is 4. The van der Waals surface area contributed by atoms with Gasteiger partial charge in [0.15, 0.2) is 0 Å². The Morgan fingerprint density at radius 1 is 1.00 bits per heavy atom. The summed E-state index contributed by atoms with van der Waals surface area (Å²) in [5.41, 5.74) is 7.98. The summed E-state index contributed by atoms with van der Waals surface area (Å²) in [5.74, 6) is 0. The van der Waals surface area contributed by atoms with Crippen molar-refractivity contribution in [1.82, 2.24) is 0 Å². The first kappa shape index (κ1) is 22.3. The van der Waals surface area contributed by atoms with Gasteiger partial charge in [0.05, 0.1) is 61.4 Å². The van der Waals surface area contributed by atoms with Crippen LogP contribution in [-0.4, -0.2) is 76.4 Å². The summed E-state index contributed by atoms with van der Waals surface area (Å²) >= 11 is 0. The molecule has 1 heterocycles. The molecule has 0 bridgehead atoms. The second kappa shape index (κ2) is 7.93. The standard InChI is InChI=1S/C17H32N4.2ClH/c1-20(2,3)13-16-11-17(21(4,5)6)12-19(16)15-9-7-14(18)8-10-15;;/h7-10,16-17H,11-13,18H2,1-6H3;2*1H/q+2;;/p-2. The van der Waals surface area contributed by atoms with E-state index in [1.165, 1.54) is 18.7 Å². The minimum Gasteiger partial charge on any atom is -1.00 e. The van der Waals surface area contributed by atoms with Gasteiger partial charge in [0, 0.05) is 17.8 Å². The molecule has 6 heteroatoms. The second-order valence-electron chi connectivity index (χ2n) is 8.38. The van der Waals surface area contributed by atoms with E-state index in [9.17, 15) is 0 Å². The van der Waals surface area contributed by atoms with Gasteiger partial charge in [-0.3, -0.25) is 0 Å². The molecule has 134 valence electrons. The molecule has 1 fully saturated rings. The number of quaternary nitrogens is 2. The highest BCUT2D eigenvalue weighted by Gasteiger charge is 2.41. The first-order valence-corrected chi connectivity index (χ1v) is 7.80. The van der Waals surface area contributed by atoms with Crippen LogP contribution in [0.2, 0.25) is 0 Å². The lowest BCUT2D eigenvalue weighted by atomic mass is 10.1. The van der Waals surface area contributed by atoms with E-state index in [0.29, 0.717) is 12.1 Å². The highest BCUT2D eigenvalue weighted by molar-refractivity contribution is 5.54. The third kappa shape index (κ3) is 6.03. The molecule has 0 spiro atoms. The quantitative estimate of drug-likeness (QED) is 0.433. The van der Waals surface area contributed by atoms with Gasteiger partial charge in [-0.15, -0.1) is 0 Å². The number of benzene rings is 1. The Balaban J connectivity index is 0.00000242. The molecule has 0 saturated carbocycles. The Bertz CT molecular complexity index is 477. The molecule has 1 saturated heterocycles. The zero-order valence-electron chi connectivity index (χ0n) is 15.3. The number of halogens is 2. The number of nitrogens with zero attached hydrogens (tertiary/aromatic N) is 3. The molecule has 2 rings (SSSR count). The average molecular weight is 363 g/mol. The molecule has 0 aliphatic carbocycles. The van der Waals surface area contributed by atoms with Crippen LogP contribution in [0, 0.1) is 0 Å². The highest BCUT2D eigenvalue weighted by Crippen LogP contribution is 2.30. The van der Waals surface area contributed by atoms with Crippen molar-refractivity contribution in [2.24, 2.45) is 0 Å². The van der Waals surface area contributed by atoms with Crippen LogP contribution in [0.5, 0.6) is 0 Å². The van der Waals surface area contributed by atoms with Crippen LogP contribution >= 0.6 is 0 Å². The van der Waals surface area contributed by atoms with Crippen LogP contribution in [0.15, 0.2) is 24.3 Å². The fraction of sp³-hybridized carbons (Fsp3) is 0.647. The minimum absolute atomic E-state index is 0. The fourth-order valence-corrected chi connectivity index (χ4v) is 3.24. The van der Waals surface area contributed by atoms with Gasteiger partial charge in [-0.1, -0.05) is 0 Å². The maximum atomic E-state index is 5.83. The fourth-order valence-electron chi connectivity index (χ4n) is 3.24. The molecule has 23 heavy (non-hydrogen) atoms. The van der Waals surface area contributed by atoms with Gasteiger partial charge in [-0.2, -0.15) is 0 Å². The predicted octanol–water partition coefficient (Wildman–Crippen LogP) is -4.36. The number of hydrogen-bond donors (Lipinski definition) is 1. The van der Waals surface area contributed by atoms with E-state index in [0.717, 1.165) is 21.2 Å². The van der Waals surface area contributed by atoms with E-state index >= 15 is 0 Å². The summed E-state index contributed by atoms with van der Waals surface area (Å²) in [6, 6.07) is 9.62. The Hall–Kier alpha value is -0.680.